The molecule has 0 aromatic rings. The molecule has 0 N–H and O–H groups in total. The van der Waals surface area contributed by atoms with E-state index in [0.29, 0.717) is 0 Å². The number of rotatable bonds is 0. The molecule has 1 radical (unpaired) electrons. The first-order chi connectivity index (χ1) is 5.47. The summed E-state index contributed by atoms with van der Waals surface area (Å²) >= 11 is 0. The van der Waals surface area contributed by atoms with Crippen molar-refractivity contribution in [1.82, 2.24) is 0 Å². The highest BCUT2D eigenvalue weighted by Gasteiger charge is 2.28. The van der Waals surface area contributed by atoms with E-state index in [4.69, 9.17) is 4.74 Å². The lowest BCUT2D eigenvalue weighted by molar-refractivity contribution is 0.229. The predicted octanol–water partition coefficient (Wildman–Crippen LogP) is 2.76. The first kappa shape index (κ1) is 7.60. The summed E-state index contributed by atoms with van der Waals surface area (Å²) < 4.78 is 5.38. The topological polar surface area (TPSA) is 9.23 Å². The maximum atomic E-state index is 5.38. The predicted molar refractivity (Wildman–Crippen MR) is 44.9 cm³/mol. The third-order valence-electron chi connectivity index (χ3n) is 3.05. The molecule has 2 aliphatic rings. The maximum absolute atomic E-state index is 5.38. The standard InChI is InChI=1S/C10H17O/c1-2-4-6-10-8-11-7-9(10)5-3-1/h7,9-10H,1-6,8H2. The van der Waals surface area contributed by atoms with E-state index in [2.05, 4.69) is 6.61 Å². The van der Waals surface area contributed by atoms with Gasteiger partial charge in [0.25, 0.3) is 0 Å². The quantitative estimate of drug-likeness (QED) is 0.520. The third kappa shape index (κ3) is 1.76. The van der Waals surface area contributed by atoms with E-state index in [-0.39, 0.29) is 0 Å². The van der Waals surface area contributed by atoms with Crippen molar-refractivity contribution in [2.45, 2.75) is 38.5 Å². The van der Waals surface area contributed by atoms with Gasteiger partial charge >= 0.3 is 0 Å². The van der Waals surface area contributed by atoms with Gasteiger partial charge in [-0.1, -0.05) is 25.7 Å². The van der Waals surface area contributed by atoms with Crippen molar-refractivity contribution in [2.24, 2.45) is 11.8 Å². The van der Waals surface area contributed by atoms with Gasteiger partial charge in [0.1, 0.15) is 0 Å². The first-order valence-electron chi connectivity index (χ1n) is 4.92. The second-order valence-electron chi connectivity index (χ2n) is 3.88. The first-order valence-corrected chi connectivity index (χ1v) is 4.92. The fourth-order valence-electron chi connectivity index (χ4n) is 2.28. The highest BCUT2D eigenvalue weighted by Crippen LogP contribution is 2.34. The minimum absolute atomic E-state index is 0.801. The summed E-state index contributed by atoms with van der Waals surface area (Å²) in [5.74, 6) is 1.67. The Morgan fingerprint density at radius 3 is 2.73 bits per heavy atom. The molecule has 63 valence electrons. The van der Waals surface area contributed by atoms with Gasteiger partial charge in [-0.2, -0.15) is 0 Å². The van der Waals surface area contributed by atoms with Crippen molar-refractivity contribution < 1.29 is 4.74 Å². The van der Waals surface area contributed by atoms with Crippen LogP contribution >= 0.6 is 0 Å². The average molecular weight is 153 g/mol. The van der Waals surface area contributed by atoms with Crippen LogP contribution in [-0.2, 0) is 4.74 Å². The zero-order chi connectivity index (χ0) is 7.52. The van der Waals surface area contributed by atoms with E-state index in [1.165, 1.54) is 38.5 Å². The fourth-order valence-corrected chi connectivity index (χ4v) is 2.28. The molecule has 11 heavy (non-hydrogen) atoms. The number of fused-ring (bicyclic) bond motifs is 1. The molecule has 0 aromatic carbocycles. The van der Waals surface area contributed by atoms with Crippen molar-refractivity contribution >= 4 is 0 Å². The third-order valence-corrected chi connectivity index (χ3v) is 3.05. The molecule has 1 heterocycles. The van der Waals surface area contributed by atoms with E-state index in [9.17, 15) is 0 Å². The minimum Gasteiger partial charge on any atom is -0.375 e. The molecule has 0 aromatic heterocycles. The van der Waals surface area contributed by atoms with Crippen molar-refractivity contribution in [2.75, 3.05) is 6.61 Å². The Morgan fingerprint density at radius 1 is 1.00 bits per heavy atom. The lowest BCUT2D eigenvalue weighted by Gasteiger charge is -2.19. The van der Waals surface area contributed by atoms with E-state index >= 15 is 0 Å². The molecular weight excluding hydrogens is 136 g/mol. The fraction of sp³-hybridized carbons (Fsp3) is 0.900. The van der Waals surface area contributed by atoms with Gasteiger partial charge in [-0.15, -0.1) is 0 Å². The molecule has 0 amide bonds. The molecule has 2 unspecified atom stereocenters. The highest BCUT2D eigenvalue weighted by atomic mass is 16.5. The van der Waals surface area contributed by atoms with Crippen molar-refractivity contribution in [1.29, 1.82) is 0 Å². The second kappa shape index (κ2) is 3.57. The van der Waals surface area contributed by atoms with Crippen molar-refractivity contribution in [3.63, 3.8) is 0 Å². The number of hydrogen-bond acceptors (Lipinski definition) is 1. The second-order valence-corrected chi connectivity index (χ2v) is 3.88. The molecule has 2 atom stereocenters. The average Bonchev–Trinajstić information content (AvgIpc) is 2.35. The summed E-state index contributed by atoms with van der Waals surface area (Å²) in [6.45, 7) is 3.10. The molecule has 1 nitrogen and oxygen atoms in total. The van der Waals surface area contributed by atoms with Gasteiger partial charge in [0.15, 0.2) is 0 Å². The van der Waals surface area contributed by atoms with Gasteiger partial charge in [0.2, 0.25) is 0 Å². The van der Waals surface area contributed by atoms with E-state index in [1.807, 2.05) is 0 Å². The normalized spacial score (nSPS) is 39.3. The minimum atomic E-state index is 0.801. The Kier molecular flexibility index (Phi) is 2.47. The van der Waals surface area contributed by atoms with Crippen LogP contribution < -0.4 is 0 Å². The molecule has 2 fully saturated rings. The Hall–Kier alpha value is -0.0400. The van der Waals surface area contributed by atoms with Crippen LogP contribution in [0.5, 0.6) is 0 Å². The van der Waals surface area contributed by atoms with Gasteiger partial charge in [-0.25, -0.2) is 0 Å². The van der Waals surface area contributed by atoms with E-state index in [1.54, 1.807) is 0 Å². The summed E-state index contributed by atoms with van der Waals surface area (Å²) in [6.07, 6.45) is 8.52. The summed E-state index contributed by atoms with van der Waals surface area (Å²) in [5.41, 5.74) is 0. The molecule has 1 saturated heterocycles. The van der Waals surface area contributed by atoms with Crippen LogP contribution in [0.25, 0.3) is 0 Å². The summed E-state index contributed by atoms with van der Waals surface area (Å²) in [5, 5.41) is 0. The Morgan fingerprint density at radius 2 is 1.82 bits per heavy atom. The monoisotopic (exact) mass is 153 g/mol. The Balaban J connectivity index is 1.89. The van der Waals surface area contributed by atoms with Crippen LogP contribution in [0.15, 0.2) is 0 Å². The summed E-state index contributed by atoms with van der Waals surface area (Å²) in [4.78, 5) is 0. The lowest BCUT2D eigenvalue weighted by atomic mass is 9.84. The molecule has 0 spiro atoms. The highest BCUT2D eigenvalue weighted by molar-refractivity contribution is 4.83. The van der Waals surface area contributed by atoms with Crippen LogP contribution in [0.1, 0.15) is 38.5 Å². The van der Waals surface area contributed by atoms with Gasteiger partial charge < -0.3 is 4.74 Å². The van der Waals surface area contributed by atoms with Gasteiger partial charge in [-0.05, 0) is 24.7 Å². The molecule has 1 aliphatic carbocycles. The van der Waals surface area contributed by atoms with Crippen LogP contribution in [0.4, 0.5) is 0 Å². The zero-order valence-corrected chi connectivity index (χ0v) is 7.09. The molecule has 1 saturated carbocycles. The van der Waals surface area contributed by atoms with Crippen molar-refractivity contribution in [3.8, 4) is 0 Å². The van der Waals surface area contributed by atoms with Crippen LogP contribution in [0.2, 0.25) is 0 Å². The number of hydrogen-bond donors (Lipinski definition) is 0. The number of ether oxygens (including phenoxy) is 1. The van der Waals surface area contributed by atoms with E-state index < -0.39 is 0 Å². The van der Waals surface area contributed by atoms with Crippen LogP contribution in [0, 0.1) is 18.4 Å². The van der Waals surface area contributed by atoms with Crippen LogP contribution in [0.3, 0.4) is 0 Å². The van der Waals surface area contributed by atoms with E-state index in [0.717, 1.165) is 18.4 Å². The smallest absolute Gasteiger partial charge is 0.0871 e. The van der Waals surface area contributed by atoms with Gasteiger partial charge in [0, 0.05) is 0 Å². The molecular formula is C10H17O. The lowest BCUT2D eigenvalue weighted by Crippen LogP contribution is -2.12. The van der Waals surface area contributed by atoms with Gasteiger partial charge in [-0.3, -0.25) is 0 Å². The zero-order valence-electron chi connectivity index (χ0n) is 7.09. The Bertz CT molecular complexity index is 108. The summed E-state index contributed by atoms with van der Waals surface area (Å²) in [7, 11) is 0. The summed E-state index contributed by atoms with van der Waals surface area (Å²) in [6, 6.07) is 0. The maximum Gasteiger partial charge on any atom is 0.0871 e. The molecule has 0 bridgehead atoms. The SMILES string of the molecule is [CH]1OCC2CCCCCCC12. The molecule has 1 aliphatic heterocycles. The van der Waals surface area contributed by atoms with Crippen LogP contribution in [-0.4, -0.2) is 6.61 Å². The largest absolute Gasteiger partial charge is 0.375 e. The molecule has 1 heteroatoms. The molecule has 2 rings (SSSR count). The Labute approximate surface area is 69.1 Å². The van der Waals surface area contributed by atoms with Gasteiger partial charge in [0.05, 0.1) is 13.2 Å². The van der Waals surface area contributed by atoms with Crippen molar-refractivity contribution in [3.05, 3.63) is 6.61 Å².